The van der Waals surface area contributed by atoms with Crippen molar-refractivity contribution in [3.8, 4) is 0 Å². The number of likely N-dealkylation sites (N-methyl/N-ethyl adjacent to an activating group) is 1. The van der Waals surface area contributed by atoms with Gasteiger partial charge in [0.25, 0.3) is 5.91 Å². The Morgan fingerprint density at radius 2 is 2.09 bits per heavy atom. The van der Waals surface area contributed by atoms with Gasteiger partial charge in [-0.15, -0.1) is 0 Å². The first kappa shape index (κ1) is 16.0. The van der Waals surface area contributed by atoms with Crippen molar-refractivity contribution in [1.29, 1.82) is 0 Å². The molecule has 0 aromatic heterocycles. The lowest BCUT2D eigenvalue weighted by Gasteiger charge is -2.47. The van der Waals surface area contributed by atoms with Crippen molar-refractivity contribution >= 4 is 11.9 Å². The first-order valence-electron chi connectivity index (χ1n) is 8.08. The highest BCUT2D eigenvalue weighted by Gasteiger charge is 2.39. The largest absolute Gasteiger partial charge is 0.478 e. The minimum atomic E-state index is -1.02. The number of benzene rings is 1. The van der Waals surface area contributed by atoms with E-state index in [0.717, 1.165) is 26.1 Å². The molecule has 2 fully saturated rings. The summed E-state index contributed by atoms with van der Waals surface area (Å²) in [4.78, 5) is 28.2. The number of fused-ring (bicyclic) bond motifs is 1. The fourth-order valence-electron chi connectivity index (χ4n) is 3.43. The molecule has 2 aliphatic rings. The van der Waals surface area contributed by atoms with Crippen molar-refractivity contribution in [2.45, 2.75) is 25.5 Å². The minimum Gasteiger partial charge on any atom is -0.478 e. The SMILES string of the molecule is CCN1CC[C@H]2OCCN(C(=O)c3cccc(C(=O)O)c3)[C@H]2C1. The first-order valence-corrected chi connectivity index (χ1v) is 8.08. The molecule has 0 radical (unpaired) electrons. The van der Waals surface area contributed by atoms with E-state index in [9.17, 15) is 9.59 Å². The Labute approximate surface area is 135 Å². The summed E-state index contributed by atoms with van der Waals surface area (Å²) in [6, 6.07) is 6.29. The Kier molecular flexibility index (Phi) is 4.63. The Balaban J connectivity index is 1.82. The lowest BCUT2D eigenvalue weighted by Crippen LogP contribution is -2.61. The molecule has 23 heavy (non-hydrogen) atoms. The Morgan fingerprint density at radius 1 is 1.30 bits per heavy atom. The number of carbonyl (C=O) groups excluding carboxylic acids is 1. The molecule has 0 saturated carbocycles. The second-order valence-electron chi connectivity index (χ2n) is 6.04. The minimum absolute atomic E-state index is 0.0402. The molecule has 1 N–H and O–H groups in total. The van der Waals surface area contributed by atoms with Gasteiger partial charge in [0.1, 0.15) is 0 Å². The number of carboxylic acids is 1. The zero-order chi connectivity index (χ0) is 16.4. The topological polar surface area (TPSA) is 70.1 Å². The van der Waals surface area contributed by atoms with Gasteiger partial charge in [-0.3, -0.25) is 4.79 Å². The molecule has 3 rings (SSSR count). The maximum absolute atomic E-state index is 12.9. The molecule has 2 aliphatic heterocycles. The van der Waals surface area contributed by atoms with Crippen molar-refractivity contribution in [3.63, 3.8) is 0 Å². The Morgan fingerprint density at radius 3 is 2.83 bits per heavy atom. The van der Waals surface area contributed by atoms with Gasteiger partial charge < -0.3 is 19.6 Å². The van der Waals surface area contributed by atoms with E-state index in [1.807, 2.05) is 4.90 Å². The maximum Gasteiger partial charge on any atom is 0.335 e. The zero-order valence-corrected chi connectivity index (χ0v) is 13.3. The number of aromatic carboxylic acids is 1. The van der Waals surface area contributed by atoms with Gasteiger partial charge >= 0.3 is 5.97 Å². The molecular formula is C17H22N2O4. The molecule has 0 spiro atoms. The van der Waals surface area contributed by atoms with Crippen molar-refractivity contribution < 1.29 is 19.4 Å². The molecule has 2 saturated heterocycles. The zero-order valence-electron chi connectivity index (χ0n) is 13.3. The number of hydrogen-bond acceptors (Lipinski definition) is 4. The third-order valence-electron chi connectivity index (χ3n) is 4.73. The molecule has 2 atom stereocenters. The summed E-state index contributed by atoms with van der Waals surface area (Å²) in [5, 5.41) is 9.10. The van der Waals surface area contributed by atoms with E-state index in [0.29, 0.717) is 18.7 Å². The summed E-state index contributed by atoms with van der Waals surface area (Å²) in [6.45, 7) is 5.97. The van der Waals surface area contributed by atoms with Crippen LogP contribution in [0, 0.1) is 0 Å². The van der Waals surface area contributed by atoms with Crippen LogP contribution in [0.5, 0.6) is 0 Å². The molecule has 2 heterocycles. The van der Waals surface area contributed by atoms with E-state index < -0.39 is 5.97 Å². The highest BCUT2D eigenvalue weighted by atomic mass is 16.5. The smallest absolute Gasteiger partial charge is 0.335 e. The summed E-state index contributed by atoms with van der Waals surface area (Å²) in [7, 11) is 0. The van der Waals surface area contributed by atoms with Crippen LogP contribution in [0.3, 0.4) is 0 Å². The number of carboxylic acid groups (broad SMARTS) is 1. The second-order valence-corrected chi connectivity index (χ2v) is 6.04. The number of ether oxygens (including phenoxy) is 1. The number of carbonyl (C=O) groups is 2. The summed E-state index contributed by atoms with van der Waals surface area (Å²) in [5.74, 6) is -1.13. The molecule has 0 unspecified atom stereocenters. The van der Waals surface area contributed by atoms with E-state index in [1.54, 1.807) is 12.1 Å². The Bertz CT molecular complexity index is 604. The van der Waals surface area contributed by atoms with Crippen molar-refractivity contribution in [2.24, 2.45) is 0 Å². The third-order valence-corrected chi connectivity index (χ3v) is 4.73. The van der Waals surface area contributed by atoms with Gasteiger partial charge in [-0.25, -0.2) is 4.79 Å². The van der Waals surface area contributed by atoms with Crippen LogP contribution >= 0.6 is 0 Å². The van der Waals surface area contributed by atoms with Gasteiger partial charge in [0.15, 0.2) is 0 Å². The highest BCUT2D eigenvalue weighted by Crippen LogP contribution is 2.24. The molecule has 6 heteroatoms. The number of nitrogens with zero attached hydrogens (tertiary/aromatic N) is 2. The van der Waals surface area contributed by atoms with Gasteiger partial charge in [-0.05, 0) is 31.2 Å². The van der Waals surface area contributed by atoms with Crippen LogP contribution in [0.2, 0.25) is 0 Å². The molecule has 1 amide bonds. The highest BCUT2D eigenvalue weighted by molar-refractivity contribution is 5.97. The number of hydrogen-bond donors (Lipinski definition) is 1. The molecule has 1 aromatic carbocycles. The third kappa shape index (κ3) is 3.23. The van der Waals surface area contributed by atoms with Gasteiger partial charge in [-0.1, -0.05) is 13.0 Å². The van der Waals surface area contributed by atoms with E-state index in [1.165, 1.54) is 12.1 Å². The average molecular weight is 318 g/mol. The molecule has 0 bridgehead atoms. The molecular weight excluding hydrogens is 296 g/mol. The van der Waals surface area contributed by atoms with Crippen LogP contribution < -0.4 is 0 Å². The van der Waals surface area contributed by atoms with Crippen molar-refractivity contribution in [3.05, 3.63) is 35.4 Å². The van der Waals surface area contributed by atoms with Crippen LogP contribution in [0.4, 0.5) is 0 Å². The number of amides is 1. The quantitative estimate of drug-likeness (QED) is 0.910. The monoisotopic (exact) mass is 318 g/mol. The number of likely N-dealkylation sites (tertiary alicyclic amines) is 1. The van der Waals surface area contributed by atoms with E-state index in [-0.39, 0.29) is 23.6 Å². The second kappa shape index (κ2) is 6.68. The van der Waals surface area contributed by atoms with Crippen LogP contribution in [0.25, 0.3) is 0 Å². The predicted octanol–water partition coefficient (Wildman–Crippen LogP) is 1.32. The maximum atomic E-state index is 12.9. The van der Waals surface area contributed by atoms with E-state index in [2.05, 4.69) is 11.8 Å². The lowest BCUT2D eigenvalue weighted by molar-refractivity contribution is -0.0896. The van der Waals surface area contributed by atoms with Crippen LogP contribution in [0.15, 0.2) is 24.3 Å². The standard InChI is InChI=1S/C17H22N2O4/c1-2-18-7-6-15-14(11-18)19(8-9-23-15)16(20)12-4-3-5-13(10-12)17(21)22/h3-5,10,14-15H,2,6-9,11H2,1H3,(H,21,22)/t14-,15+/m0/s1. The summed E-state index contributed by atoms with van der Waals surface area (Å²) in [6.07, 6.45) is 1.01. The first-order chi connectivity index (χ1) is 11.1. The molecule has 0 aliphatic carbocycles. The van der Waals surface area contributed by atoms with Crippen molar-refractivity contribution in [2.75, 3.05) is 32.8 Å². The van der Waals surface area contributed by atoms with Gasteiger partial charge in [0.2, 0.25) is 0 Å². The van der Waals surface area contributed by atoms with E-state index in [4.69, 9.17) is 9.84 Å². The fraction of sp³-hybridized carbons (Fsp3) is 0.529. The molecule has 124 valence electrons. The van der Waals surface area contributed by atoms with Crippen LogP contribution in [-0.4, -0.2) is 71.7 Å². The predicted molar refractivity (Wildman–Crippen MR) is 84.7 cm³/mol. The van der Waals surface area contributed by atoms with Gasteiger partial charge in [0.05, 0.1) is 24.3 Å². The lowest BCUT2D eigenvalue weighted by atomic mass is 9.97. The number of morpholine rings is 1. The van der Waals surface area contributed by atoms with Gasteiger partial charge in [0, 0.05) is 25.2 Å². The number of rotatable bonds is 3. The van der Waals surface area contributed by atoms with Crippen molar-refractivity contribution in [1.82, 2.24) is 9.80 Å². The summed E-state index contributed by atoms with van der Waals surface area (Å²) >= 11 is 0. The van der Waals surface area contributed by atoms with Crippen LogP contribution in [0.1, 0.15) is 34.1 Å². The summed E-state index contributed by atoms with van der Waals surface area (Å²) < 4.78 is 5.84. The molecule has 6 nitrogen and oxygen atoms in total. The fourth-order valence-corrected chi connectivity index (χ4v) is 3.43. The number of piperidine rings is 1. The summed E-state index contributed by atoms with van der Waals surface area (Å²) in [5.41, 5.74) is 0.568. The van der Waals surface area contributed by atoms with Crippen LogP contribution in [-0.2, 0) is 4.74 Å². The normalized spacial score (nSPS) is 25.0. The molecule has 1 aromatic rings. The van der Waals surface area contributed by atoms with E-state index >= 15 is 0 Å². The average Bonchev–Trinajstić information content (AvgIpc) is 2.60. The Hall–Kier alpha value is -1.92. The van der Waals surface area contributed by atoms with Gasteiger partial charge in [-0.2, -0.15) is 0 Å².